The Morgan fingerprint density at radius 3 is 2.24 bits per heavy atom. The third-order valence-corrected chi connectivity index (χ3v) is 7.42. The molecule has 2 fully saturated rings. The van der Waals surface area contributed by atoms with Crippen molar-refractivity contribution < 1.29 is 29.0 Å². The SMILES string of the molecule is O=C(NCC1(C(=O)NC2COCC2C(=O)O)CCC1)OCC1c2ccccc2-c2ccccc21. The van der Waals surface area contributed by atoms with E-state index >= 15 is 0 Å². The Hall–Kier alpha value is -3.39. The Balaban J connectivity index is 1.18. The van der Waals surface area contributed by atoms with Gasteiger partial charge in [-0.2, -0.15) is 0 Å². The van der Waals surface area contributed by atoms with Crippen LogP contribution in [0.5, 0.6) is 0 Å². The van der Waals surface area contributed by atoms with Gasteiger partial charge in [0.25, 0.3) is 0 Å². The van der Waals surface area contributed by atoms with Gasteiger partial charge in [-0.15, -0.1) is 0 Å². The summed E-state index contributed by atoms with van der Waals surface area (Å²) in [5.74, 6) is -2.01. The van der Waals surface area contributed by atoms with Gasteiger partial charge in [-0.3, -0.25) is 9.59 Å². The van der Waals surface area contributed by atoms with E-state index in [9.17, 15) is 19.5 Å². The molecule has 2 aromatic carbocycles. The minimum Gasteiger partial charge on any atom is -0.481 e. The maximum absolute atomic E-state index is 13.0. The molecular weight excluding hydrogens is 436 g/mol. The smallest absolute Gasteiger partial charge is 0.407 e. The van der Waals surface area contributed by atoms with E-state index in [2.05, 4.69) is 34.9 Å². The number of aliphatic carboxylic acids is 1. The molecule has 2 unspecified atom stereocenters. The summed E-state index contributed by atoms with van der Waals surface area (Å²) in [6.45, 7) is 0.628. The Morgan fingerprint density at radius 2 is 1.65 bits per heavy atom. The Labute approximate surface area is 197 Å². The molecule has 1 saturated carbocycles. The van der Waals surface area contributed by atoms with Gasteiger partial charge in [0.1, 0.15) is 12.5 Å². The van der Waals surface area contributed by atoms with E-state index in [1.54, 1.807) is 0 Å². The largest absolute Gasteiger partial charge is 0.481 e. The molecule has 2 atom stereocenters. The number of nitrogens with one attached hydrogen (secondary N) is 2. The Morgan fingerprint density at radius 1 is 1.00 bits per heavy atom. The van der Waals surface area contributed by atoms with Crippen molar-refractivity contribution >= 4 is 18.0 Å². The number of rotatable bonds is 7. The lowest BCUT2D eigenvalue weighted by molar-refractivity contribution is -0.143. The van der Waals surface area contributed by atoms with Crippen LogP contribution in [0.2, 0.25) is 0 Å². The first-order chi connectivity index (χ1) is 16.5. The highest BCUT2D eigenvalue weighted by Crippen LogP contribution is 2.44. The highest BCUT2D eigenvalue weighted by Gasteiger charge is 2.47. The number of carboxylic acids is 1. The van der Waals surface area contributed by atoms with Crippen molar-refractivity contribution in [2.75, 3.05) is 26.4 Å². The van der Waals surface area contributed by atoms with Crippen molar-refractivity contribution in [1.82, 2.24) is 10.6 Å². The fourth-order valence-corrected chi connectivity index (χ4v) is 5.24. The highest BCUT2D eigenvalue weighted by molar-refractivity contribution is 5.85. The summed E-state index contributed by atoms with van der Waals surface area (Å²) in [4.78, 5) is 36.9. The molecule has 34 heavy (non-hydrogen) atoms. The Kier molecular flexibility index (Phi) is 6.00. The van der Waals surface area contributed by atoms with Crippen molar-refractivity contribution in [2.45, 2.75) is 31.2 Å². The van der Waals surface area contributed by atoms with Crippen molar-refractivity contribution in [3.63, 3.8) is 0 Å². The lowest BCUT2D eigenvalue weighted by Gasteiger charge is -2.41. The summed E-state index contributed by atoms with van der Waals surface area (Å²) in [7, 11) is 0. The normalized spacial score (nSPS) is 22.2. The standard InChI is InChI=1S/C26H28N2O6/c29-23(30)21-12-33-14-22(21)28-24(31)26(10-5-11-26)15-27-25(32)34-13-20-18-8-3-1-6-16(18)17-7-2-4-9-19(17)20/h1-4,6-9,20-22H,5,10-15H2,(H,27,32)(H,28,31)(H,29,30). The number of carbonyl (C=O) groups is 3. The lowest BCUT2D eigenvalue weighted by atomic mass is 9.67. The summed E-state index contributed by atoms with van der Waals surface area (Å²) in [6.07, 6.45) is 1.58. The molecule has 1 saturated heterocycles. The number of hydrogen-bond acceptors (Lipinski definition) is 5. The van der Waals surface area contributed by atoms with Gasteiger partial charge in [-0.05, 0) is 35.1 Å². The van der Waals surface area contributed by atoms with Crippen LogP contribution in [0.4, 0.5) is 4.79 Å². The zero-order chi connectivity index (χ0) is 23.7. The molecule has 3 aliphatic rings. The first-order valence-electron chi connectivity index (χ1n) is 11.7. The van der Waals surface area contributed by atoms with Crippen LogP contribution in [0.1, 0.15) is 36.3 Å². The van der Waals surface area contributed by atoms with Crippen LogP contribution >= 0.6 is 0 Å². The van der Waals surface area contributed by atoms with E-state index in [1.807, 2.05) is 24.3 Å². The fraction of sp³-hybridized carbons (Fsp3) is 0.423. The minimum atomic E-state index is -0.984. The van der Waals surface area contributed by atoms with Crippen LogP contribution in [0.15, 0.2) is 48.5 Å². The molecule has 5 rings (SSSR count). The van der Waals surface area contributed by atoms with Crippen LogP contribution in [0.3, 0.4) is 0 Å². The molecule has 8 heteroatoms. The molecule has 1 aliphatic heterocycles. The van der Waals surface area contributed by atoms with Crippen LogP contribution in [0.25, 0.3) is 11.1 Å². The van der Waals surface area contributed by atoms with Crippen molar-refractivity contribution in [3.8, 4) is 11.1 Å². The molecule has 178 valence electrons. The molecule has 0 radical (unpaired) electrons. The number of fused-ring (bicyclic) bond motifs is 3. The first kappa shape index (κ1) is 22.4. The van der Waals surface area contributed by atoms with Gasteiger partial charge < -0.3 is 25.2 Å². The molecule has 0 aromatic heterocycles. The molecule has 2 aliphatic carbocycles. The van der Waals surface area contributed by atoms with Gasteiger partial charge in [-0.25, -0.2) is 4.79 Å². The molecule has 0 spiro atoms. The van der Waals surface area contributed by atoms with Crippen molar-refractivity contribution in [2.24, 2.45) is 11.3 Å². The highest BCUT2D eigenvalue weighted by atomic mass is 16.5. The van der Waals surface area contributed by atoms with E-state index < -0.39 is 29.4 Å². The molecule has 2 amide bonds. The summed E-state index contributed by atoms with van der Waals surface area (Å²) in [5.41, 5.74) is 3.86. The second-order valence-electron chi connectivity index (χ2n) is 9.38. The molecular formula is C26H28N2O6. The molecule has 0 bridgehead atoms. The van der Waals surface area contributed by atoms with Crippen LogP contribution in [-0.2, 0) is 19.1 Å². The third-order valence-electron chi connectivity index (χ3n) is 7.42. The topological polar surface area (TPSA) is 114 Å². The average Bonchev–Trinajstić information content (AvgIpc) is 3.39. The van der Waals surface area contributed by atoms with E-state index in [0.29, 0.717) is 12.8 Å². The number of alkyl carbamates (subject to hydrolysis) is 1. The molecule has 1 heterocycles. The van der Waals surface area contributed by atoms with Gasteiger partial charge in [0.15, 0.2) is 0 Å². The second-order valence-corrected chi connectivity index (χ2v) is 9.38. The number of carbonyl (C=O) groups excluding carboxylic acids is 2. The van der Waals surface area contributed by atoms with E-state index in [4.69, 9.17) is 9.47 Å². The van der Waals surface area contributed by atoms with E-state index in [0.717, 1.165) is 28.7 Å². The van der Waals surface area contributed by atoms with Gasteiger partial charge in [0.05, 0.1) is 24.7 Å². The number of amides is 2. The van der Waals surface area contributed by atoms with Gasteiger partial charge in [0.2, 0.25) is 5.91 Å². The average molecular weight is 465 g/mol. The molecule has 2 aromatic rings. The zero-order valence-corrected chi connectivity index (χ0v) is 18.8. The monoisotopic (exact) mass is 464 g/mol. The zero-order valence-electron chi connectivity index (χ0n) is 18.8. The van der Waals surface area contributed by atoms with Gasteiger partial charge in [-0.1, -0.05) is 55.0 Å². The van der Waals surface area contributed by atoms with E-state index in [1.165, 1.54) is 0 Å². The van der Waals surface area contributed by atoms with Gasteiger partial charge in [0, 0.05) is 12.5 Å². The maximum atomic E-state index is 13.0. The predicted molar refractivity (Wildman–Crippen MR) is 123 cm³/mol. The second kappa shape index (κ2) is 9.10. The summed E-state index contributed by atoms with van der Waals surface area (Å²) in [6, 6.07) is 15.7. The van der Waals surface area contributed by atoms with E-state index in [-0.39, 0.29) is 38.2 Å². The van der Waals surface area contributed by atoms with Crippen LogP contribution in [0, 0.1) is 11.3 Å². The van der Waals surface area contributed by atoms with Crippen molar-refractivity contribution in [3.05, 3.63) is 59.7 Å². The lowest BCUT2D eigenvalue weighted by Crippen LogP contribution is -2.56. The quantitative estimate of drug-likeness (QED) is 0.581. The maximum Gasteiger partial charge on any atom is 0.407 e. The molecule has 3 N–H and O–H groups in total. The number of ether oxygens (including phenoxy) is 2. The number of hydrogen-bond donors (Lipinski definition) is 3. The fourth-order valence-electron chi connectivity index (χ4n) is 5.24. The van der Waals surface area contributed by atoms with Crippen LogP contribution in [-0.4, -0.2) is 55.5 Å². The number of carboxylic acid groups (broad SMARTS) is 1. The van der Waals surface area contributed by atoms with Crippen LogP contribution < -0.4 is 10.6 Å². The number of benzene rings is 2. The van der Waals surface area contributed by atoms with Crippen molar-refractivity contribution in [1.29, 1.82) is 0 Å². The van der Waals surface area contributed by atoms with Gasteiger partial charge >= 0.3 is 12.1 Å². The summed E-state index contributed by atoms with van der Waals surface area (Å²) < 4.78 is 10.8. The molecule has 8 nitrogen and oxygen atoms in total. The Bertz CT molecular complexity index is 1070. The predicted octanol–water partition coefficient (Wildman–Crippen LogP) is 2.91. The third kappa shape index (κ3) is 4.03. The first-order valence-corrected chi connectivity index (χ1v) is 11.7. The summed E-state index contributed by atoms with van der Waals surface area (Å²) in [5, 5.41) is 14.9. The minimum absolute atomic E-state index is 0.0329. The summed E-state index contributed by atoms with van der Waals surface area (Å²) >= 11 is 0.